The van der Waals surface area contributed by atoms with Gasteiger partial charge in [0.2, 0.25) is 15.9 Å². The summed E-state index contributed by atoms with van der Waals surface area (Å²) in [7, 11) is -3.55. The molecule has 0 bridgehead atoms. The zero-order valence-corrected chi connectivity index (χ0v) is 15.3. The highest BCUT2D eigenvalue weighted by Gasteiger charge is 2.18. The lowest BCUT2D eigenvalue weighted by Gasteiger charge is -2.26. The number of benzene rings is 1. The Bertz CT molecular complexity index is 573. The molecule has 5 nitrogen and oxygen atoms in total. The van der Waals surface area contributed by atoms with Crippen molar-refractivity contribution in [1.29, 1.82) is 0 Å². The second-order valence-corrected chi connectivity index (χ2v) is 8.31. The van der Waals surface area contributed by atoms with Gasteiger partial charge in [0.1, 0.15) is 0 Å². The molecule has 0 radical (unpaired) electrons. The van der Waals surface area contributed by atoms with E-state index in [0.29, 0.717) is 24.9 Å². The van der Waals surface area contributed by atoms with Crippen molar-refractivity contribution < 1.29 is 13.2 Å². The zero-order chi connectivity index (χ0) is 17.5. The van der Waals surface area contributed by atoms with E-state index in [9.17, 15) is 13.2 Å². The Morgan fingerprint density at radius 1 is 1.04 bits per heavy atom. The van der Waals surface area contributed by atoms with E-state index >= 15 is 0 Å². The van der Waals surface area contributed by atoms with Crippen molar-refractivity contribution in [1.82, 2.24) is 9.62 Å². The van der Waals surface area contributed by atoms with Gasteiger partial charge in [-0.25, -0.2) is 13.1 Å². The van der Waals surface area contributed by atoms with Gasteiger partial charge in [0.05, 0.1) is 4.90 Å². The maximum atomic E-state index is 12.3. The third-order valence-corrected chi connectivity index (χ3v) is 4.69. The van der Waals surface area contributed by atoms with Crippen LogP contribution in [-0.2, 0) is 14.8 Å². The van der Waals surface area contributed by atoms with Gasteiger partial charge < -0.3 is 4.90 Å². The molecule has 6 heteroatoms. The van der Waals surface area contributed by atoms with Crippen LogP contribution in [-0.4, -0.2) is 38.9 Å². The SMILES string of the molecule is CC(C)CN(CC(C)C)C(=O)CCNS(=O)(=O)c1ccccc1. The molecule has 130 valence electrons. The van der Waals surface area contributed by atoms with Crippen molar-refractivity contribution in [3.05, 3.63) is 30.3 Å². The maximum Gasteiger partial charge on any atom is 0.240 e. The quantitative estimate of drug-likeness (QED) is 0.751. The third kappa shape index (κ3) is 7.14. The van der Waals surface area contributed by atoms with E-state index in [1.54, 1.807) is 18.2 Å². The van der Waals surface area contributed by atoms with Crippen molar-refractivity contribution in [3.63, 3.8) is 0 Å². The molecule has 0 unspecified atom stereocenters. The number of hydrogen-bond donors (Lipinski definition) is 1. The largest absolute Gasteiger partial charge is 0.342 e. The minimum absolute atomic E-state index is 0.0110. The molecule has 0 saturated heterocycles. The molecule has 0 heterocycles. The summed E-state index contributed by atoms with van der Waals surface area (Å²) in [5.41, 5.74) is 0. The van der Waals surface area contributed by atoms with Crippen molar-refractivity contribution in [2.24, 2.45) is 11.8 Å². The molecular formula is C17H28N2O3S. The van der Waals surface area contributed by atoms with E-state index in [1.165, 1.54) is 12.1 Å². The van der Waals surface area contributed by atoms with Crippen LogP contribution in [0.3, 0.4) is 0 Å². The van der Waals surface area contributed by atoms with E-state index in [1.807, 2.05) is 4.90 Å². The number of rotatable bonds is 9. The van der Waals surface area contributed by atoms with Gasteiger partial charge in [-0.15, -0.1) is 0 Å². The smallest absolute Gasteiger partial charge is 0.240 e. The van der Waals surface area contributed by atoms with Gasteiger partial charge >= 0.3 is 0 Å². The first-order valence-corrected chi connectivity index (χ1v) is 9.53. The lowest BCUT2D eigenvalue weighted by molar-refractivity contribution is -0.132. The van der Waals surface area contributed by atoms with Crippen molar-refractivity contribution in [3.8, 4) is 0 Å². The topological polar surface area (TPSA) is 66.5 Å². The van der Waals surface area contributed by atoms with Crippen molar-refractivity contribution in [2.45, 2.75) is 39.0 Å². The standard InChI is InChI=1S/C17H28N2O3S/c1-14(2)12-19(13-15(3)4)17(20)10-11-18-23(21,22)16-8-6-5-7-9-16/h5-9,14-15,18H,10-13H2,1-4H3. The Balaban J connectivity index is 2.57. The first-order chi connectivity index (χ1) is 10.7. The summed E-state index contributed by atoms with van der Waals surface area (Å²) in [4.78, 5) is 14.4. The van der Waals surface area contributed by atoms with Gasteiger partial charge in [0.25, 0.3) is 0 Å². The van der Waals surface area contributed by atoms with E-state index in [2.05, 4.69) is 32.4 Å². The lowest BCUT2D eigenvalue weighted by atomic mass is 10.1. The Morgan fingerprint density at radius 3 is 2.04 bits per heavy atom. The Hall–Kier alpha value is -1.40. The van der Waals surface area contributed by atoms with Crippen molar-refractivity contribution >= 4 is 15.9 Å². The van der Waals surface area contributed by atoms with E-state index in [4.69, 9.17) is 0 Å². The second kappa shape index (κ2) is 9.03. The van der Waals surface area contributed by atoms with Gasteiger partial charge in [0, 0.05) is 26.1 Å². The van der Waals surface area contributed by atoms with Crippen LogP contribution in [0.2, 0.25) is 0 Å². The first kappa shape index (κ1) is 19.6. The predicted octanol–water partition coefficient (Wildman–Crippen LogP) is 2.50. The van der Waals surface area contributed by atoms with E-state index < -0.39 is 10.0 Å². The normalized spacial score (nSPS) is 11.9. The van der Waals surface area contributed by atoms with Crippen LogP contribution in [0.4, 0.5) is 0 Å². The summed E-state index contributed by atoms with van der Waals surface area (Å²) in [6.45, 7) is 9.78. The van der Waals surface area contributed by atoms with Crippen LogP contribution in [0, 0.1) is 11.8 Å². The summed E-state index contributed by atoms with van der Waals surface area (Å²) >= 11 is 0. The fourth-order valence-electron chi connectivity index (χ4n) is 2.29. The Kier molecular flexibility index (Phi) is 7.72. The van der Waals surface area contributed by atoms with E-state index in [-0.39, 0.29) is 23.8 Å². The minimum Gasteiger partial charge on any atom is -0.342 e. The molecule has 0 aliphatic rings. The number of nitrogens with one attached hydrogen (secondary N) is 1. The molecule has 1 amide bonds. The molecule has 23 heavy (non-hydrogen) atoms. The molecular weight excluding hydrogens is 312 g/mol. The predicted molar refractivity (Wildman–Crippen MR) is 92.5 cm³/mol. The van der Waals surface area contributed by atoms with Crippen LogP contribution >= 0.6 is 0 Å². The van der Waals surface area contributed by atoms with Crippen LogP contribution in [0.5, 0.6) is 0 Å². The maximum absolute atomic E-state index is 12.3. The molecule has 0 aliphatic heterocycles. The molecule has 0 atom stereocenters. The monoisotopic (exact) mass is 340 g/mol. The summed E-state index contributed by atoms with van der Waals surface area (Å²) in [5, 5.41) is 0. The average molecular weight is 340 g/mol. The summed E-state index contributed by atoms with van der Waals surface area (Å²) in [6.07, 6.45) is 0.172. The molecule has 1 N–H and O–H groups in total. The highest BCUT2D eigenvalue weighted by molar-refractivity contribution is 7.89. The molecule has 0 aromatic heterocycles. The van der Waals surface area contributed by atoms with Crippen molar-refractivity contribution in [2.75, 3.05) is 19.6 Å². The number of carbonyl (C=O) groups is 1. The lowest BCUT2D eigenvalue weighted by Crippen LogP contribution is -2.38. The highest BCUT2D eigenvalue weighted by atomic mass is 32.2. The molecule has 1 aromatic carbocycles. The van der Waals surface area contributed by atoms with Crippen LogP contribution in [0.1, 0.15) is 34.1 Å². The molecule has 0 fully saturated rings. The number of carbonyl (C=O) groups excluding carboxylic acids is 1. The number of sulfonamides is 1. The van der Waals surface area contributed by atoms with E-state index in [0.717, 1.165) is 0 Å². The zero-order valence-electron chi connectivity index (χ0n) is 14.5. The Morgan fingerprint density at radius 2 is 1.57 bits per heavy atom. The molecule has 0 saturated carbocycles. The number of amides is 1. The van der Waals surface area contributed by atoms with Gasteiger partial charge in [0.15, 0.2) is 0 Å². The van der Waals surface area contributed by atoms with Gasteiger partial charge in [-0.1, -0.05) is 45.9 Å². The summed E-state index contributed by atoms with van der Waals surface area (Å²) < 4.78 is 26.7. The van der Waals surface area contributed by atoms with Gasteiger partial charge in [-0.05, 0) is 24.0 Å². The fourth-order valence-corrected chi connectivity index (χ4v) is 3.35. The van der Waals surface area contributed by atoms with Gasteiger partial charge in [-0.3, -0.25) is 4.79 Å². The average Bonchev–Trinajstić information content (AvgIpc) is 2.46. The van der Waals surface area contributed by atoms with Crippen LogP contribution in [0.15, 0.2) is 35.2 Å². The van der Waals surface area contributed by atoms with Crippen LogP contribution < -0.4 is 4.72 Å². The molecule has 0 spiro atoms. The molecule has 0 aliphatic carbocycles. The fraction of sp³-hybridized carbons (Fsp3) is 0.588. The summed E-state index contributed by atoms with van der Waals surface area (Å²) in [6, 6.07) is 8.18. The second-order valence-electron chi connectivity index (χ2n) is 6.55. The molecule has 1 aromatic rings. The summed E-state index contributed by atoms with van der Waals surface area (Å²) in [5.74, 6) is 0.764. The third-order valence-electron chi connectivity index (χ3n) is 3.21. The Labute approximate surface area is 140 Å². The van der Waals surface area contributed by atoms with Crippen LogP contribution in [0.25, 0.3) is 0 Å². The first-order valence-electron chi connectivity index (χ1n) is 8.05. The number of hydrogen-bond acceptors (Lipinski definition) is 3. The minimum atomic E-state index is -3.55. The molecule has 1 rings (SSSR count). The van der Waals surface area contributed by atoms with Gasteiger partial charge in [-0.2, -0.15) is 0 Å². The number of nitrogens with zero attached hydrogens (tertiary/aromatic N) is 1. The highest BCUT2D eigenvalue weighted by Crippen LogP contribution is 2.08.